The Balaban J connectivity index is 2.72. The lowest BCUT2D eigenvalue weighted by molar-refractivity contribution is 0.511. The highest BCUT2D eigenvalue weighted by molar-refractivity contribution is 5.47. The second-order valence-electron chi connectivity index (χ2n) is 4.04. The molecular weight excluding hydrogens is 172 g/mol. The number of nitrogens with one attached hydrogen (secondary N) is 1. The number of hydrogen-bond donors (Lipinski definition) is 1. The summed E-state index contributed by atoms with van der Waals surface area (Å²) in [6, 6.07) is 4.60. The number of rotatable bonds is 4. The van der Waals surface area contributed by atoms with Gasteiger partial charge in [-0.15, -0.1) is 0 Å². The second-order valence-corrected chi connectivity index (χ2v) is 4.04. The van der Waals surface area contributed by atoms with Gasteiger partial charge in [0.25, 0.3) is 0 Å². The van der Waals surface area contributed by atoms with Crippen LogP contribution in [-0.4, -0.2) is 11.0 Å². The molecule has 0 saturated heterocycles. The molecule has 1 rings (SSSR count). The minimum Gasteiger partial charge on any atom is -0.381 e. The number of nitrogens with zero attached hydrogens (tertiary/aromatic N) is 1. The highest BCUT2D eigenvalue weighted by Gasteiger charge is 2.11. The fourth-order valence-electron chi connectivity index (χ4n) is 1.58. The molecule has 0 bridgehead atoms. The topological polar surface area (TPSA) is 24.9 Å². The standard InChI is InChI=1S/C12H20N2/c1-5-11(9(2)3)14-12-7-6-8-13-10(12)4/h6-9,11,14H,5H2,1-4H3/t11-/m1/s1. The zero-order valence-electron chi connectivity index (χ0n) is 9.54. The van der Waals surface area contributed by atoms with Crippen LogP contribution in [0.15, 0.2) is 18.3 Å². The molecule has 2 nitrogen and oxygen atoms in total. The Morgan fingerprint density at radius 2 is 2.14 bits per heavy atom. The highest BCUT2D eigenvalue weighted by atomic mass is 14.9. The minimum absolute atomic E-state index is 0.540. The summed E-state index contributed by atoms with van der Waals surface area (Å²) in [7, 11) is 0. The zero-order valence-corrected chi connectivity index (χ0v) is 9.54. The lowest BCUT2D eigenvalue weighted by atomic mass is 10.0. The summed E-state index contributed by atoms with van der Waals surface area (Å²) < 4.78 is 0. The summed E-state index contributed by atoms with van der Waals surface area (Å²) in [4.78, 5) is 4.26. The molecule has 2 heteroatoms. The normalized spacial score (nSPS) is 12.9. The van der Waals surface area contributed by atoms with Crippen LogP contribution >= 0.6 is 0 Å². The third-order valence-electron chi connectivity index (χ3n) is 2.59. The summed E-state index contributed by atoms with van der Waals surface area (Å²) in [6.07, 6.45) is 2.98. The minimum atomic E-state index is 0.540. The zero-order chi connectivity index (χ0) is 10.6. The largest absolute Gasteiger partial charge is 0.381 e. The van der Waals surface area contributed by atoms with E-state index >= 15 is 0 Å². The smallest absolute Gasteiger partial charge is 0.0603 e. The van der Waals surface area contributed by atoms with Crippen LogP contribution in [0.1, 0.15) is 32.9 Å². The van der Waals surface area contributed by atoms with E-state index in [0.717, 1.165) is 17.8 Å². The Hall–Kier alpha value is -1.05. The Labute approximate surface area is 86.8 Å². The van der Waals surface area contributed by atoms with E-state index < -0.39 is 0 Å². The van der Waals surface area contributed by atoms with Crippen molar-refractivity contribution in [1.82, 2.24) is 4.98 Å². The molecule has 0 aliphatic rings. The van der Waals surface area contributed by atoms with E-state index in [1.807, 2.05) is 19.2 Å². The van der Waals surface area contributed by atoms with Crippen molar-refractivity contribution in [2.24, 2.45) is 5.92 Å². The van der Waals surface area contributed by atoms with Gasteiger partial charge in [0.2, 0.25) is 0 Å². The van der Waals surface area contributed by atoms with Crippen molar-refractivity contribution < 1.29 is 0 Å². The average Bonchev–Trinajstić information content (AvgIpc) is 2.16. The number of anilines is 1. The van der Waals surface area contributed by atoms with E-state index in [1.54, 1.807) is 0 Å². The molecule has 0 aliphatic carbocycles. The molecule has 0 amide bonds. The van der Waals surface area contributed by atoms with Crippen molar-refractivity contribution >= 4 is 5.69 Å². The first-order valence-electron chi connectivity index (χ1n) is 5.33. The predicted octanol–water partition coefficient (Wildman–Crippen LogP) is 3.24. The van der Waals surface area contributed by atoms with Gasteiger partial charge in [0, 0.05) is 12.2 Å². The summed E-state index contributed by atoms with van der Waals surface area (Å²) in [5.41, 5.74) is 2.24. The molecular formula is C12H20N2. The van der Waals surface area contributed by atoms with Crippen LogP contribution in [0.5, 0.6) is 0 Å². The van der Waals surface area contributed by atoms with E-state index in [-0.39, 0.29) is 0 Å². The Morgan fingerprint density at radius 1 is 1.43 bits per heavy atom. The molecule has 1 aromatic rings. The van der Waals surface area contributed by atoms with Crippen LogP contribution in [0.25, 0.3) is 0 Å². The van der Waals surface area contributed by atoms with E-state index in [2.05, 4.69) is 37.1 Å². The lowest BCUT2D eigenvalue weighted by Gasteiger charge is -2.22. The number of aromatic nitrogens is 1. The van der Waals surface area contributed by atoms with Gasteiger partial charge in [-0.25, -0.2) is 0 Å². The summed E-state index contributed by atoms with van der Waals surface area (Å²) >= 11 is 0. The summed E-state index contributed by atoms with van der Waals surface area (Å²) in [5.74, 6) is 0.652. The highest BCUT2D eigenvalue weighted by Crippen LogP contribution is 2.16. The average molecular weight is 192 g/mol. The molecule has 1 N–H and O–H groups in total. The first-order valence-corrected chi connectivity index (χ1v) is 5.33. The summed E-state index contributed by atoms with van der Waals surface area (Å²) in [5, 5.41) is 3.53. The Morgan fingerprint density at radius 3 is 2.64 bits per heavy atom. The van der Waals surface area contributed by atoms with Gasteiger partial charge >= 0.3 is 0 Å². The molecule has 1 atom stereocenters. The van der Waals surface area contributed by atoms with Crippen molar-refractivity contribution in [3.8, 4) is 0 Å². The monoisotopic (exact) mass is 192 g/mol. The van der Waals surface area contributed by atoms with Crippen molar-refractivity contribution in [2.75, 3.05) is 5.32 Å². The van der Waals surface area contributed by atoms with E-state index in [9.17, 15) is 0 Å². The maximum Gasteiger partial charge on any atom is 0.0603 e. The predicted molar refractivity (Wildman–Crippen MR) is 61.5 cm³/mol. The Kier molecular flexibility index (Phi) is 3.93. The SMILES string of the molecule is CC[C@@H](Nc1cccnc1C)C(C)C. The molecule has 1 aromatic heterocycles. The van der Waals surface area contributed by atoms with Crippen molar-refractivity contribution in [2.45, 2.75) is 40.2 Å². The number of pyridine rings is 1. The van der Waals surface area contributed by atoms with E-state index in [0.29, 0.717) is 12.0 Å². The maximum absolute atomic E-state index is 4.26. The van der Waals surface area contributed by atoms with Gasteiger partial charge in [-0.2, -0.15) is 0 Å². The molecule has 0 radical (unpaired) electrons. The Bertz CT molecular complexity index is 281. The third kappa shape index (κ3) is 2.72. The van der Waals surface area contributed by atoms with E-state index in [1.165, 1.54) is 0 Å². The van der Waals surface area contributed by atoms with Gasteiger partial charge in [-0.1, -0.05) is 20.8 Å². The van der Waals surface area contributed by atoms with Gasteiger partial charge in [0.1, 0.15) is 0 Å². The first kappa shape index (κ1) is 11.0. The number of hydrogen-bond acceptors (Lipinski definition) is 2. The maximum atomic E-state index is 4.26. The molecule has 0 aromatic carbocycles. The van der Waals surface area contributed by atoms with E-state index in [4.69, 9.17) is 0 Å². The molecule has 1 heterocycles. The van der Waals surface area contributed by atoms with Crippen LogP contribution in [-0.2, 0) is 0 Å². The molecule has 78 valence electrons. The van der Waals surface area contributed by atoms with Crippen LogP contribution in [0.2, 0.25) is 0 Å². The van der Waals surface area contributed by atoms with Crippen LogP contribution in [0.4, 0.5) is 5.69 Å². The van der Waals surface area contributed by atoms with Gasteiger partial charge in [0.15, 0.2) is 0 Å². The third-order valence-corrected chi connectivity index (χ3v) is 2.59. The molecule has 0 unspecified atom stereocenters. The summed E-state index contributed by atoms with van der Waals surface area (Å²) in [6.45, 7) is 8.73. The van der Waals surface area contributed by atoms with Crippen LogP contribution in [0.3, 0.4) is 0 Å². The quantitative estimate of drug-likeness (QED) is 0.792. The number of aryl methyl sites for hydroxylation is 1. The lowest BCUT2D eigenvalue weighted by Crippen LogP contribution is -2.25. The van der Waals surface area contributed by atoms with Gasteiger partial charge in [0.05, 0.1) is 11.4 Å². The van der Waals surface area contributed by atoms with Crippen LogP contribution < -0.4 is 5.32 Å². The fourth-order valence-corrected chi connectivity index (χ4v) is 1.58. The van der Waals surface area contributed by atoms with Crippen molar-refractivity contribution in [3.63, 3.8) is 0 Å². The molecule has 14 heavy (non-hydrogen) atoms. The van der Waals surface area contributed by atoms with Gasteiger partial charge in [-0.05, 0) is 31.4 Å². The second kappa shape index (κ2) is 4.99. The fraction of sp³-hybridized carbons (Fsp3) is 0.583. The molecule has 0 fully saturated rings. The molecule has 0 aliphatic heterocycles. The van der Waals surface area contributed by atoms with Gasteiger partial charge in [-0.3, -0.25) is 4.98 Å². The van der Waals surface area contributed by atoms with Crippen molar-refractivity contribution in [1.29, 1.82) is 0 Å². The first-order chi connectivity index (χ1) is 6.65. The molecule has 0 spiro atoms. The van der Waals surface area contributed by atoms with Gasteiger partial charge < -0.3 is 5.32 Å². The molecule has 0 saturated carbocycles. The van der Waals surface area contributed by atoms with Crippen LogP contribution in [0, 0.1) is 12.8 Å². The van der Waals surface area contributed by atoms with Crippen molar-refractivity contribution in [3.05, 3.63) is 24.0 Å².